The second-order valence-corrected chi connectivity index (χ2v) is 3.92. The van der Waals surface area contributed by atoms with Crippen molar-refractivity contribution in [2.75, 3.05) is 13.7 Å². The topological polar surface area (TPSA) is 69.7 Å². The van der Waals surface area contributed by atoms with Crippen LogP contribution in [-0.2, 0) is 23.8 Å². The molecule has 0 fully saturated rings. The van der Waals surface area contributed by atoms with Crippen molar-refractivity contribution >= 4 is 16.1 Å². The molecule has 5 nitrogen and oxygen atoms in total. The van der Waals surface area contributed by atoms with Gasteiger partial charge in [0.15, 0.2) is 0 Å². The Morgan fingerprint density at radius 1 is 1.62 bits per heavy atom. The fraction of sp³-hybridized carbons (Fsp3) is 0.571. The average Bonchev–Trinajstić information content (AvgIpc) is 2.13. The van der Waals surface area contributed by atoms with Crippen molar-refractivity contribution in [3.63, 3.8) is 0 Å². The van der Waals surface area contributed by atoms with E-state index in [0.717, 1.165) is 0 Å². The molecule has 0 amide bonds. The van der Waals surface area contributed by atoms with Gasteiger partial charge in [0.25, 0.3) is 10.1 Å². The molecule has 1 atom stereocenters. The summed E-state index contributed by atoms with van der Waals surface area (Å²) in [6, 6.07) is 0. The van der Waals surface area contributed by atoms with Gasteiger partial charge < -0.3 is 4.74 Å². The maximum Gasteiger partial charge on any atom is 0.310 e. The zero-order valence-corrected chi connectivity index (χ0v) is 8.33. The molecule has 0 aromatic rings. The van der Waals surface area contributed by atoms with Crippen LogP contribution in [0.15, 0.2) is 12.0 Å². The zero-order chi connectivity index (χ0) is 10.5. The van der Waals surface area contributed by atoms with Crippen LogP contribution in [0.5, 0.6) is 0 Å². The minimum absolute atomic E-state index is 0.235. The number of carbonyl (C=O) groups excluding carboxylic acids is 1. The van der Waals surface area contributed by atoms with Crippen LogP contribution in [0.3, 0.4) is 0 Å². The van der Waals surface area contributed by atoms with E-state index < -0.39 is 22.0 Å². The Morgan fingerprint density at radius 3 is 2.54 bits per heavy atom. The lowest BCUT2D eigenvalue weighted by molar-refractivity contribution is -0.145. The van der Waals surface area contributed by atoms with Crippen molar-refractivity contribution in [2.24, 2.45) is 5.92 Å². The van der Waals surface area contributed by atoms with Crippen molar-refractivity contribution in [1.82, 2.24) is 0 Å². The summed E-state index contributed by atoms with van der Waals surface area (Å²) in [5.41, 5.74) is 0. The molecule has 6 heteroatoms. The molecule has 0 aromatic heterocycles. The third kappa shape index (κ3) is 4.64. The van der Waals surface area contributed by atoms with Crippen LogP contribution >= 0.6 is 0 Å². The molecule has 0 N–H and O–H groups in total. The molecule has 0 bridgehead atoms. The summed E-state index contributed by atoms with van der Waals surface area (Å²) in [5, 5.41) is 0.678. The molecule has 76 valence electrons. The highest BCUT2D eigenvalue weighted by Crippen LogP contribution is 2.02. The predicted octanol–water partition coefficient (Wildman–Crippen LogP) is 0.285. The van der Waals surface area contributed by atoms with Crippen LogP contribution in [0.1, 0.15) is 6.92 Å². The van der Waals surface area contributed by atoms with E-state index in [-0.39, 0.29) is 6.61 Å². The summed E-state index contributed by atoms with van der Waals surface area (Å²) in [4.78, 5) is 10.8. The van der Waals surface area contributed by atoms with Crippen LogP contribution in [0, 0.1) is 5.92 Å². The van der Waals surface area contributed by atoms with E-state index in [1.807, 2.05) is 0 Å². The molecule has 0 saturated heterocycles. The molecular weight excluding hydrogens is 196 g/mol. The largest absolute Gasteiger partial charge is 0.469 e. The Labute approximate surface area is 77.5 Å². The maximum atomic E-state index is 10.8. The molecule has 1 unspecified atom stereocenters. The number of rotatable bonds is 5. The predicted molar refractivity (Wildman–Crippen MR) is 46.2 cm³/mol. The standard InChI is InChI=1S/C7H12O5S/c1-4-13(9,10)12-5-6(2)7(8)11-3/h4,6H,1,5H2,2-3H3. The van der Waals surface area contributed by atoms with Crippen molar-refractivity contribution < 1.29 is 22.1 Å². The van der Waals surface area contributed by atoms with Crippen LogP contribution in [0.2, 0.25) is 0 Å². The first-order valence-electron chi connectivity index (χ1n) is 3.52. The van der Waals surface area contributed by atoms with Gasteiger partial charge in [-0.3, -0.25) is 8.98 Å². The Bertz CT molecular complexity index is 279. The Balaban J connectivity index is 4.04. The summed E-state index contributed by atoms with van der Waals surface area (Å²) in [7, 11) is -2.48. The van der Waals surface area contributed by atoms with Crippen molar-refractivity contribution in [3.05, 3.63) is 12.0 Å². The summed E-state index contributed by atoms with van der Waals surface area (Å²) in [5.74, 6) is -1.13. The van der Waals surface area contributed by atoms with E-state index in [9.17, 15) is 13.2 Å². The molecule has 0 aliphatic rings. The van der Waals surface area contributed by atoms with Gasteiger partial charge in [0, 0.05) is 0 Å². The lowest BCUT2D eigenvalue weighted by Gasteiger charge is -2.07. The van der Waals surface area contributed by atoms with Gasteiger partial charge in [0.1, 0.15) is 0 Å². The molecular formula is C7H12O5S. The maximum absolute atomic E-state index is 10.8. The first kappa shape index (κ1) is 12.1. The van der Waals surface area contributed by atoms with Crippen LogP contribution in [0.4, 0.5) is 0 Å². The monoisotopic (exact) mass is 208 g/mol. The van der Waals surface area contributed by atoms with E-state index in [1.54, 1.807) is 0 Å². The van der Waals surface area contributed by atoms with E-state index in [2.05, 4.69) is 15.5 Å². The molecule has 0 aromatic carbocycles. The summed E-state index contributed by atoms with van der Waals surface area (Å²) < 4.78 is 30.2. The van der Waals surface area contributed by atoms with Gasteiger partial charge in [-0.15, -0.1) is 0 Å². The summed E-state index contributed by atoms with van der Waals surface area (Å²) >= 11 is 0. The van der Waals surface area contributed by atoms with E-state index >= 15 is 0 Å². The Kier molecular flexibility index (Phi) is 4.64. The van der Waals surface area contributed by atoms with Gasteiger partial charge in [0.2, 0.25) is 0 Å². The van der Waals surface area contributed by atoms with Crippen LogP contribution in [-0.4, -0.2) is 28.1 Å². The lowest BCUT2D eigenvalue weighted by atomic mass is 10.2. The fourth-order valence-corrected chi connectivity index (χ4v) is 1.00. The summed E-state index contributed by atoms with van der Waals surface area (Å²) in [6.07, 6.45) is 0. The second-order valence-electron chi connectivity index (χ2n) is 2.37. The molecule has 0 saturated carbocycles. The van der Waals surface area contributed by atoms with Gasteiger partial charge in [-0.1, -0.05) is 6.58 Å². The van der Waals surface area contributed by atoms with Gasteiger partial charge in [0.05, 0.1) is 25.0 Å². The first-order valence-corrected chi connectivity index (χ1v) is 4.99. The van der Waals surface area contributed by atoms with Gasteiger partial charge in [-0.05, 0) is 6.92 Å². The van der Waals surface area contributed by atoms with Gasteiger partial charge in [-0.2, -0.15) is 8.42 Å². The highest BCUT2D eigenvalue weighted by atomic mass is 32.2. The third-order valence-corrected chi connectivity index (χ3v) is 2.16. The second kappa shape index (κ2) is 4.98. The zero-order valence-electron chi connectivity index (χ0n) is 7.52. The van der Waals surface area contributed by atoms with E-state index in [1.165, 1.54) is 14.0 Å². The third-order valence-electron chi connectivity index (χ3n) is 1.29. The van der Waals surface area contributed by atoms with E-state index in [4.69, 9.17) is 0 Å². The quantitative estimate of drug-likeness (QED) is 0.479. The van der Waals surface area contributed by atoms with Crippen LogP contribution < -0.4 is 0 Å². The number of hydrogen-bond donors (Lipinski definition) is 0. The fourth-order valence-electron chi connectivity index (χ4n) is 0.514. The van der Waals surface area contributed by atoms with Crippen molar-refractivity contribution in [3.8, 4) is 0 Å². The minimum atomic E-state index is -3.70. The van der Waals surface area contributed by atoms with Gasteiger partial charge >= 0.3 is 5.97 Å². The minimum Gasteiger partial charge on any atom is -0.469 e. The molecule has 0 heterocycles. The lowest BCUT2D eigenvalue weighted by Crippen LogP contribution is -2.19. The number of hydrogen-bond acceptors (Lipinski definition) is 5. The average molecular weight is 208 g/mol. The number of carbonyl (C=O) groups is 1. The highest BCUT2D eigenvalue weighted by molar-refractivity contribution is 7.89. The van der Waals surface area contributed by atoms with Gasteiger partial charge in [-0.25, -0.2) is 0 Å². The summed E-state index contributed by atoms with van der Waals surface area (Å²) in [6.45, 7) is 4.32. The molecule has 0 radical (unpaired) electrons. The number of methoxy groups -OCH3 is 1. The van der Waals surface area contributed by atoms with E-state index in [0.29, 0.717) is 5.41 Å². The SMILES string of the molecule is C=CS(=O)(=O)OCC(C)C(=O)OC. The van der Waals surface area contributed by atoms with Crippen molar-refractivity contribution in [2.45, 2.75) is 6.92 Å². The molecule has 0 aliphatic heterocycles. The Hall–Kier alpha value is -0.880. The molecule has 13 heavy (non-hydrogen) atoms. The van der Waals surface area contributed by atoms with Crippen molar-refractivity contribution in [1.29, 1.82) is 0 Å². The van der Waals surface area contributed by atoms with Crippen LogP contribution in [0.25, 0.3) is 0 Å². The molecule has 0 rings (SSSR count). The first-order chi connectivity index (χ1) is 5.93. The molecule has 0 spiro atoms. The molecule has 0 aliphatic carbocycles. The number of esters is 1. The highest BCUT2D eigenvalue weighted by Gasteiger charge is 2.16. The normalized spacial score (nSPS) is 13.4. The Morgan fingerprint density at radius 2 is 2.15 bits per heavy atom. The smallest absolute Gasteiger partial charge is 0.310 e. The number of ether oxygens (including phenoxy) is 1.